The predicted molar refractivity (Wildman–Crippen MR) is 122 cm³/mol. The molecule has 16 nitrogen and oxygen atoms in total. The number of rotatable bonds is 6. The monoisotopic (exact) mass is 558 g/mol. The Morgan fingerprint density at radius 2 is 0.875 bits per heavy atom. The SMILES string of the molecule is O=C1C2C3C=CC(O3)C2C(=O)N1CCC(=O)N(C(=O)O)N(C(=O)O)C(=O)CCN1C(=O)C2C3C=CC(O3)C2C1=O. The molecular formula is C24H22N4O12. The molecule has 0 spiro atoms. The second-order valence-electron chi connectivity index (χ2n) is 10.1. The van der Waals surface area contributed by atoms with Crippen LogP contribution in [0.1, 0.15) is 12.8 Å². The van der Waals surface area contributed by atoms with Crippen LogP contribution < -0.4 is 0 Å². The van der Waals surface area contributed by atoms with Crippen molar-refractivity contribution in [1.82, 2.24) is 19.8 Å². The van der Waals surface area contributed by atoms with Gasteiger partial charge in [0.2, 0.25) is 23.6 Å². The molecule has 4 bridgehead atoms. The predicted octanol–water partition coefficient (Wildman–Crippen LogP) is -1.43. The Bertz CT molecular complexity index is 1180. The minimum absolute atomic E-state index is 0.328. The molecule has 6 heterocycles. The fraction of sp³-hybridized carbons (Fsp3) is 0.500. The van der Waals surface area contributed by atoms with Crippen LogP contribution >= 0.6 is 0 Å². The molecule has 8 atom stereocenters. The van der Waals surface area contributed by atoms with Crippen LogP contribution in [0, 0.1) is 23.7 Å². The molecule has 16 heteroatoms. The van der Waals surface area contributed by atoms with E-state index in [4.69, 9.17) is 9.47 Å². The number of ether oxygens (including phenoxy) is 2. The van der Waals surface area contributed by atoms with Gasteiger partial charge in [-0.2, -0.15) is 0 Å². The van der Waals surface area contributed by atoms with Gasteiger partial charge in [-0.25, -0.2) is 9.59 Å². The van der Waals surface area contributed by atoms with Gasteiger partial charge in [0.1, 0.15) is 0 Å². The fourth-order valence-electron chi connectivity index (χ4n) is 6.41. The maximum Gasteiger partial charge on any atom is 0.434 e. The average molecular weight is 558 g/mol. The first-order valence-corrected chi connectivity index (χ1v) is 12.5. The van der Waals surface area contributed by atoms with Gasteiger partial charge in [0.05, 0.1) is 48.1 Å². The van der Waals surface area contributed by atoms with E-state index in [2.05, 4.69) is 0 Å². The lowest BCUT2D eigenvalue weighted by Gasteiger charge is -2.28. The Morgan fingerprint density at radius 3 is 1.12 bits per heavy atom. The van der Waals surface area contributed by atoms with Crippen LogP contribution in [0.15, 0.2) is 24.3 Å². The summed E-state index contributed by atoms with van der Waals surface area (Å²) >= 11 is 0. The van der Waals surface area contributed by atoms with Crippen LogP contribution in [0.2, 0.25) is 0 Å². The van der Waals surface area contributed by atoms with Gasteiger partial charge in [0.15, 0.2) is 0 Å². The summed E-state index contributed by atoms with van der Waals surface area (Å²) in [5.41, 5.74) is 0. The Morgan fingerprint density at radius 1 is 0.600 bits per heavy atom. The molecular weight excluding hydrogens is 536 g/mol. The largest absolute Gasteiger partial charge is 0.463 e. The Hall–Kier alpha value is -4.44. The van der Waals surface area contributed by atoms with Crippen molar-refractivity contribution >= 4 is 47.6 Å². The lowest BCUT2D eigenvalue weighted by atomic mass is 9.85. The third kappa shape index (κ3) is 3.59. The molecule has 4 saturated heterocycles. The van der Waals surface area contributed by atoms with E-state index in [9.17, 15) is 48.6 Å². The van der Waals surface area contributed by atoms with Crippen LogP contribution in [0.3, 0.4) is 0 Å². The molecule has 0 aromatic rings. The molecule has 0 saturated carbocycles. The highest BCUT2D eigenvalue weighted by Crippen LogP contribution is 2.46. The van der Waals surface area contributed by atoms with Gasteiger partial charge in [-0.05, 0) is 0 Å². The average Bonchev–Trinajstić information content (AvgIpc) is 3.74. The summed E-state index contributed by atoms with van der Waals surface area (Å²) in [7, 11) is 0. The minimum atomic E-state index is -2.10. The summed E-state index contributed by atoms with van der Waals surface area (Å²) in [6.07, 6.45) is -1.41. The van der Waals surface area contributed by atoms with Crippen LogP contribution in [-0.4, -0.2) is 115 Å². The summed E-state index contributed by atoms with van der Waals surface area (Å²) < 4.78 is 11.0. The van der Waals surface area contributed by atoms with E-state index in [0.717, 1.165) is 9.80 Å². The van der Waals surface area contributed by atoms with Gasteiger partial charge in [0.25, 0.3) is 11.8 Å². The standard InChI is InChI=1S/C24H22N4O12/c29-13(5-7-25-19(31)15-9-1-2-10(39-9)16(15)20(25)32)27(23(35)36)28(24(37)38)14(30)6-8-26-21(33)17-11-3-4-12(40-11)18(17)22(26)34/h1-4,9-12,15-18H,5-8H2,(H,35,36)(H,37,38). The van der Waals surface area contributed by atoms with Crippen molar-refractivity contribution < 1.29 is 58.0 Å². The number of carbonyl (C=O) groups is 8. The number of imide groups is 4. The number of carbonyl (C=O) groups excluding carboxylic acids is 6. The number of likely N-dealkylation sites (tertiary alicyclic amines) is 2. The first-order valence-electron chi connectivity index (χ1n) is 12.5. The molecule has 0 aliphatic carbocycles. The number of amides is 8. The smallest absolute Gasteiger partial charge is 0.434 e. The summed E-state index contributed by atoms with van der Waals surface area (Å²) in [5.74, 6) is -8.15. The molecule has 6 aliphatic heterocycles. The number of hydrogen-bond acceptors (Lipinski definition) is 10. The van der Waals surface area contributed by atoms with E-state index < -0.39 is 122 Å². The Balaban J connectivity index is 1.10. The number of nitrogens with zero attached hydrogens (tertiary/aromatic N) is 4. The van der Waals surface area contributed by atoms with Gasteiger partial charge < -0.3 is 19.7 Å². The molecule has 2 N–H and O–H groups in total. The first kappa shape index (κ1) is 25.8. The van der Waals surface area contributed by atoms with Gasteiger partial charge in [0, 0.05) is 25.9 Å². The van der Waals surface area contributed by atoms with Crippen LogP contribution in [0.25, 0.3) is 0 Å². The molecule has 0 aromatic heterocycles. The van der Waals surface area contributed by atoms with Crippen molar-refractivity contribution in [1.29, 1.82) is 0 Å². The zero-order chi connectivity index (χ0) is 28.6. The fourth-order valence-corrected chi connectivity index (χ4v) is 6.41. The third-order valence-corrected chi connectivity index (χ3v) is 8.14. The van der Waals surface area contributed by atoms with Crippen molar-refractivity contribution in [2.45, 2.75) is 37.3 Å². The van der Waals surface area contributed by atoms with Crippen molar-refractivity contribution in [3.8, 4) is 0 Å². The summed E-state index contributed by atoms with van der Waals surface area (Å²) in [5, 5.41) is 18.5. The zero-order valence-electron chi connectivity index (χ0n) is 20.5. The highest BCUT2D eigenvalue weighted by molar-refractivity contribution is 6.08. The van der Waals surface area contributed by atoms with Gasteiger partial charge in [-0.15, -0.1) is 10.0 Å². The Kier molecular flexibility index (Phi) is 5.85. The molecule has 40 heavy (non-hydrogen) atoms. The first-order chi connectivity index (χ1) is 19.0. The molecule has 210 valence electrons. The number of carboxylic acid groups (broad SMARTS) is 2. The van der Waals surface area contributed by atoms with Crippen LogP contribution in [0.5, 0.6) is 0 Å². The van der Waals surface area contributed by atoms with Crippen molar-refractivity contribution in [2.24, 2.45) is 23.7 Å². The molecule has 6 rings (SSSR count). The third-order valence-electron chi connectivity index (χ3n) is 8.14. The van der Waals surface area contributed by atoms with Gasteiger partial charge >= 0.3 is 12.2 Å². The molecule has 4 fully saturated rings. The lowest BCUT2D eigenvalue weighted by Crippen LogP contribution is -2.55. The summed E-state index contributed by atoms with van der Waals surface area (Å²) in [6, 6.07) is 0. The highest BCUT2D eigenvalue weighted by Gasteiger charge is 2.61. The van der Waals surface area contributed by atoms with Gasteiger partial charge in [-0.3, -0.25) is 38.6 Å². The number of fused-ring (bicyclic) bond motifs is 10. The van der Waals surface area contributed by atoms with E-state index in [1.165, 1.54) is 0 Å². The lowest BCUT2D eigenvalue weighted by molar-refractivity contribution is -0.156. The van der Waals surface area contributed by atoms with E-state index in [1.807, 2.05) is 0 Å². The molecule has 0 radical (unpaired) electrons. The number of hydrazine groups is 1. The summed E-state index contributed by atoms with van der Waals surface area (Å²) in [4.78, 5) is 102. The van der Waals surface area contributed by atoms with E-state index in [0.29, 0.717) is 0 Å². The van der Waals surface area contributed by atoms with Crippen LogP contribution in [0.4, 0.5) is 9.59 Å². The van der Waals surface area contributed by atoms with E-state index in [-0.39, 0.29) is 10.0 Å². The van der Waals surface area contributed by atoms with Crippen molar-refractivity contribution in [3.63, 3.8) is 0 Å². The Labute approximate surface area is 224 Å². The maximum atomic E-state index is 12.8. The second kappa shape index (κ2) is 9.06. The molecule has 8 unspecified atom stereocenters. The van der Waals surface area contributed by atoms with Gasteiger partial charge in [-0.1, -0.05) is 24.3 Å². The molecule has 8 amide bonds. The summed E-state index contributed by atoms with van der Waals surface area (Å²) in [6.45, 7) is -1.07. The highest BCUT2D eigenvalue weighted by atomic mass is 16.5. The number of hydrogen-bond donors (Lipinski definition) is 2. The second-order valence-corrected chi connectivity index (χ2v) is 10.1. The topological polar surface area (TPSA) is 208 Å². The van der Waals surface area contributed by atoms with Crippen molar-refractivity contribution in [3.05, 3.63) is 24.3 Å². The van der Waals surface area contributed by atoms with E-state index in [1.54, 1.807) is 24.3 Å². The van der Waals surface area contributed by atoms with Crippen molar-refractivity contribution in [2.75, 3.05) is 13.1 Å². The zero-order valence-corrected chi connectivity index (χ0v) is 20.5. The molecule has 6 aliphatic rings. The van der Waals surface area contributed by atoms with E-state index >= 15 is 0 Å². The molecule has 0 aromatic carbocycles. The normalized spacial score (nSPS) is 34.2. The minimum Gasteiger partial charge on any atom is -0.463 e. The quantitative estimate of drug-likeness (QED) is 0.218. The maximum absolute atomic E-state index is 12.8. The van der Waals surface area contributed by atoms with Crippen LogP contribution in [-0.2, 0) is 38.2 Å².